The molecule has 2 heterocycles. The molecule has 1 fully saturated rings. The van der Waals surface area contributed by atoms with Gasteiger partial charge in [-0.15, -0.1) is 0 Å². The summed E-state index contributed by atoms with van der Waals surface area (Å²) in [7, 11) is 0. The van der Waals surface area contributed by atoms with E-state index in [1.807, 2.05) is 30.3 Å². The summed E-state index contributed by atoms with van der Waals surface area (Å²) in [6.45, 7) is 1.90. The topological polar surface area (TPSA) is 69.8 Å². The fraction of sp³-hybridized carbons (Fsp3) is 0.286. The Labute approximate surface area is 111 Å². The maximum Gasteiger partial charge on any atom is 0.224 e. The first-order valence-corrected chi connectivity index (χ1v) is 6.41. The Morgan fingerprint density at radius 1 is 1.26 bits per heavy atom. The van der Waals surface area contributed by atoms with Crippen molar-refractivity contribution in [2.45, 2.75) is 6.42 Å². The number of amides is 1. The van der Waals surface area contributed by atoms with Crippen LogP contribution in [0, 0.1) is 5.92 Å². The van der Waals surface area contributed by atoms with Crippen LogP contribution in [0.25, 0.3) is 11.3 Å². The second-order valence-corrected chi connectivity index (χ2v) is 4.82. The summed E-state index contributed by atoms with van der Waals surface area (Å²) in [4.78, 5) is 11.8. The van der Waals surface area contributed by atoms with Crippen LogP contribution in [0.2, 0.25) is 0 Å². The summed E-state index contributed by atoms with van der Waals surface area (Å²) in [6.07, 6.45) is 2.31. The number of nitrogens with zero attached hydrogens (tertiary/aromatic N) is 1. The van der Waals surface area contributed by atoms with Gasteiger partial charge in [-0.1, -0.05) is 12.1 Å². The molecule has 2 aromatic rings. The average Bonchev–Trinajstić information content (AvgIpc) is 2.89. The second kappa shape index (κ2) is 5.24. The van der Waals surface area contributed by atoms with Crippen molar-refractivity contribution < 1.29 is 4.79 Å². The van der Waals surface area contributed by atoms with Gasteiger partial charge >= 0.3 is 0 Å². The Kier molecular flexibility index (Phi) is 3.29. The van der Waals surface area contributed by atoms with Crippen LogP contribution in [0.3, 0.4) is 0 Å². The van der Waals surface area contributed by atoms with Crippen molar-refractivity contribution in [3.05, 3.63) is 36.5 Å². The molecule has 0 unspecified atom stereocenters. The van der Waals surface area contributed by atoms with Crippen molar-refractivity contribution in [1.29, 1.82) is 0 Å². The lowest BCUT2D eigenvalue weighted by atomic mass is 9.99. The average molecular weight is 256 g/mol. The molecule has 19 heavy (non-hydrogen) atoms. The largest absolute Gasteiger partial charge is 0.326 e. The predicted molar refractivity (Wildman–Crippen MR) is 73.6 cm³/mol. The molecule has 3 rings (SSSR count). The zero-order chi connectivity index (χ0) is 13.1. The van der Waals surface area contributed by atoms with E-state index < -0.39 is 0 Å². The Balaban J connectivity index is 1.61. The van der Waals surface area contributed by atoms with E-state index in [0.717, 1.165) is 30.0 Å². The van der Waals surface area contributed by atoms with Gasteiger partial charge in [0.1, 0.15) is 0 Å². The van der Waals surface area contributed by atoms with Crippen molar-refractivity contribution in [3.8, 4) is 11.3 Å². The van der Waals surface area contributed by atoms with Crippen molar-refractivity contribution in [2.75, 3.05) is 18.4 Å². The van der Waals surface area contributed by atoms with E-state index in [1.165, 1.54) is 0 Å². The summed E-state index contributed by atoms with van der Waals surface area (Å²) in [5.41, 5.74) is 2.86. The first-order chi connectivity index (χ1) is 9.31. The molecule has 3 N–H and O–H groups in total. The third-order valence-electron chi connectivity index (χ3n) is 3.32. The molecule has 1 saturated heterocycles. The normalized spacial score (nSPS) is 14.9. The van der Waals surface area contributed by atoms with E-state index in [2.05, 4.69) is 20.8 Å². The Bertz CT molecular complexity index is 543. The molecular formula is C14H16N4O. The molecule has 0 saturated carbocycles. The van der Waals surface area contributed by atoms with Gasteiger partial charge in [0, 0.05) is 18.3 Å². The SMILES string of the molecule is O=C(CC1CNC1)Nc1ccc(-c2ccn[nH]2)cc1. The number of carbonyl (C=O) groups excluding carboxylic acids is 1. The van der Waals surface area contributed by atoms with E-state index in [0.29, 0.717) is 12.3 Å². The first-order valence-electron chi connectivity index (χ1n) is 6.41. The summed E-state index contributed by atoms with van der Waals surface area (Å²) in [6, 6.07) is 9.67. The number of benzene rings is 1. The highest BCUT2D eigenvalue weighted by Crippen LogP contribution is 2.19. The first kappa shape index (κ1) is 11.9. The van der Waals surface area contributed by atoms with Crippen LogP contribution >= 0.6 is 0 Å². The molecule has 1 aliphatic rings. The van der Waals surface area contributed by atoms with Crippen LogP contribution in [-0.2, 0) is 4.79 Å². The van der Waals surface area contributed by atoms with Crippen LogP contribution in [0.15, 0.2) is 36.5 Å². The molecule has 5 nitrogen and oxygen atoms in total. The summed E-state index contributed by atoms with van der Waals surface area (Å²) in [5.74, 6) is 0.574. The number of anilines is 1. The molecule has 1 aliphatic heterocycles. The number of carbonyl (C=O) groups is 1. The monoisotopic (exact) mass is 256 g/mol. The minimum atomic E-state index is 0.0841. The van der Waals surface area contributed by atoms with Crippen molar-refractivity contribution >= 4 is 11.6 Å². The van der Waals surface area contributed by atoms with Crippen molar-refractivity contribution in [3.63, 3.8) is 0 Å². The minimum absolute atomic E-state index is 0.0841. The highest BCUT2D eigenvalue weighted by molar-refractivity contribution is 5.91. The van der Waals surface area contributed by atoms with Crippen LogP contribution < -0.4 is 10.6 Å². The number of rotatable bonds is 4. The van der Waals surface area contributed by atoms with Crippen molar-refractivity contribution in [1.82, 2.24) is 15.5 Å². The van der Waals surface area contributed by atoms with E-state index in [4.69, 9.17) is 0 Å². The summed E-state index contributed by atoms with van der Waals surface area (Å²) in [5, 5.41) is 12.9. The lowest BCUT2D eigenvalue weighted by molar-refractivity contribution is -0.117. The molecule has 0 spiro atoms. The highest BCUT2D eigenvalue weighted by atomic mass is 16.1. The third-order valence-corrected chi connectivity index (χ3v) is 3.32. The van der Waals surface area contributed by atoms with E-state index in [9.17, 15) is 4.79 Å². The van der Waals surface area contributed by atoms with Gasteiger partial charge in [-0.05, 0) is 42.8 Å². The Morgan fingerprint density at radius 3 is 2.63 bits per heavy atom. The predicted octanol–water partition coefficient (Wildman–Crippen LogP) is 1.62. The zero-order valence-electron chi connectivity index (χ0n) is 10.5. The van der Waals surface area contributed by atoms with Gasteiger partial charge in [-0.3, -0.25) is 9.89 Å². The smallest absolute Gasteiger partial charge is 0.224 e. The maximum atomic E-state index is 11.8. The highest BCUT2D eigenvalue weighted by Gasteiger charge is 2.19. The lowest BCUT2D eigenvalue weighted by Crippen LogP contribution is -2.43. The van der Waals surface area contributed by atoms with Crippen LogP contribution in [-0.4, -0.2) is 29.2 Å². The number of hydrogen-bond acceptors (Lipinski definition) is 3. The fourth-order valence-corrected chi connectivity index (χ4v) is 2.12. The standard InChI is InChI=1S/C14H16N4O/c19-14(7-10-8-15-9-10)17-12-3-1-11(2-4-12)13-5-6-16-18-13/h1-6,10,15H,7-9H2,(H,16,18)(H,17,19). The van der Waals surface area contributed by atoms with E-state index in [1.54, 1.807) is 6.20 Å². The fourth-order valence-electron chi connectivity index (χ4n) is 2.12. The van der Waals surface area contributed by atoms with Gasteiger partial charge in [0.05, 0.1) is 5.69 Å². The molecule has 0 aliphatic carbocycles. The molecule has 0 atom stereocenters. The molecule has 0 radical (unpaired) electrons. The van der Waals surface area contributed by atoms with Gasteiger partial charge in [-0.25, -0.2) is 0 Å². The van der Waals surface area contributed by atoms with Crippen LogP contribution in [0.4, 0.5) is 5.69 Å². The molecule has 98 valence electrons. The van der Waals surface area contributed by atoms with E-state index in [-0.39, 0.29) is 5.91 Å². The van der Waals surface area contributed by atoms with Gasteiger partial charge in [-0.2, -0.15) is 5.10 Å². The number of hydrogen-bond donors (Lipinski definition) is 3. The molecule has 1 aromatic carbocycles. The maximum absolute atomic E-state index is 11.8. The second-order valence-electron chi connectivity index (χ2n) is 4.82. The quantitative estimate of drug-likeness (QED) is 0.778. The summed E-state index contributed by atoms with van der Waals surface area (Å²) < 4.78 is 0. The molecular weight excluding hydrogens is 240 g/mol. The Hall–Kier alpha value is -2.14. The number of H-pyrrole nitrogens is 1. The number of aromatic nitrogens is 2. The van der Waals surface area contributed by atoms with Gasteiger partial charge < -0.3 is 10.6 Å². The van der Waals surface area contributed by atoms with Crippen molar-refractivity contribution in [2.24, 2.45) is 5.92 Å². The number of aromatic amines is 1. The third kappa shape index (κ3) is 2.82. The van der Waals surface area contributed by atoms with Gasteiger partial charge in [0.2, 0.25) is 5.91 Å². The van der Waals surface area contributed by atoms with Gasteiger partial charge in [0.15, 0.2) is 0 Å². The Morgan fingerprint density at radius 2 is 2.05 bits per heavy atom. The summed E-state index contributed by atoms with van der Waals surface area (Å²) >= 11 is 0. The van der Waals surface area contributed by atoms with E-state index >= 15 is 0 Å². The molecule has 5 heteroatoms. The lowest BCUT2D eigenvalue weighted by Gasteiger charge is -2.26. The molecule has 1 amide bonds. The molecule has 1 aromatic heterocycles. The number of nitrogens with one attached hydrogen (secondary N) is 3. The molecule has 0 bridgehead atoms. The van der Waals surface area contributed by atoms with Crippen LogP contribution in [0.1, 0.15) is 6.42 Å². The van der Waals surface area contributed by atoms with Gasteiger partial charge in [0.25, 0.3) is 0 Å². The zero-order valence-corrected chi connectivity index (χ0v) is 10.5. The minimum Gasteiger partial charge on any atom is -0.326 e. The van der Waals surface area contributed by atoms with Crippen LogP contribution in [0.5, 0.6) is 0 Å².